The smallest absolute Gasteiger partial charge is 0.328 e. The molecule has 178 valence electrons. The van der Waals surface area contributed by atoms with Crippen LogP contribution >= 0.6 is 0 Å². The van der Waals surface area contributed by atoms with Crippen LogP contribution in [0.25, 0.3) is 22.2 Å². The number of aliphatic hydroxyl groups is 1. The van der Waals surface area contributed by atoms with Crippen molar-refractivity contribution in [2.24, 2.45) is 14.1 Å². The van der Waals surface area contributed by atoms with Gasteiger partial charge in [-0.25, -0.2) is 19.7 Å². The Balaban J connectivity index is 1.25. The van der Waals surface area contributed by atoms with Gasteiger partial charge in [0.1, 0.15) is 11.8 Å². The van der Waals surface area contributed by atoms with Crippen molar-refractivity contribution in [3.8, 4) is 0 Å². The van der Waals surface area contributed by atoms with Gasteiger partial charge >= 0.3 is 5.69 Å². The first kappa shape index (κ1) is 22.1. The molecule has 5 rings (SSSR count). The first-order chi connectivity index (χ1) is 16.3. The number of nitrogens with zero attached hydrogens (tertiary/aromatic N) is 6. The molecular weight excluding hydrogens is 436 g/mol. The quantitative estimate of drug-likeness (QED) is 0.396. The number of imidazole rings is 2. The standard InChI is InChI=1S/C23H28N8O3/c1-29-15-8-6-13(10-17(15)30(2)23(29)34)7-9-18(32)28-14-4-3-5-16(20(14)33)31-12-27-19-21(24)25-11-26-22(19)31/h6,8,10-12,14,16,20,33H,3-5,7,9H2,1-2H3,(H,28,32)(H2,24,25,26)/t14-,16-,20-/m0/s1. The van der Waals surface area contributed by atoms with E-state index in [1.54, 1.807) is 29.6 Å². The average Bonchev–Trinajstić information content (AvgIpc) is 3.35. The highest BCUT2D eigenvalue weighted by molar-refractivity contribution is 5.81. The van der Waals surface area contributed by atoms with Gasteiger partial charge in [-0.15, -0.1) is 0 Å². The van der Waals surface area contributed by atoms with E-state index in [-0.39, 0.29) is 30.1 Å². The minimum absolute atomic E-state index is 0.0782. The average molecular weight is 465 g/mol. The van der Waals surface area contributed by atoms with Crippen molar-refractivity contribution in [1.29, 1.82) is 0 Å². The lowest BCUT2D eigenvalue weighted by molar-refractivity contribution is -0.123. The number of rotatable bonds is 5. The van der Waals surface area contributed by atoms with Crippen molar-refractivity contribution in [2.45, 2.75) is 50.3 Å². The molecular formula is C23H28N8O3. The Morgan fingerprint density at radius 2 is 1.97 bits per heavy atom. The second-order valence-electron chi connectivity index (χ2n) is 8.97. The van der Waals surface area contributed by atoms with Crippen LogP contribution in [0.1, 0.15) is 37.3 Å². The Kier molecular flexibility index (Phi) is 5.56. The van der Waals surface area contributed by atoms with Crippen LogP contribution in [-0.4, -0.2) is 51.8 Å². The number of nitrogens with one attached hydrogen (secondary N) is 1. The maximum Gasteiger partial charge on any atom is 0.328 e. The predicted molar refractivity (Wildman–Crippen MR) is 127 cm³/mol. The highest BCUT2D eigenvalue weighted by Crippen LogP contribution is 2.31. The molecule has 1 amide bonds. The number of amides is 1. The Morgan fingerprint density at radius 3 is 2.79 bits per heavy atom. The second kappa shape index (κ2) is 8.56. The monoisotopic (exact) mass is 464 g/mol. The number of fused-ring (bicyclic) bond motifs is 2. The molecule has 1 fully saturated rings. The Labute approximate surface area is 195 Å². The van der Waals surface area contributed by atoms with Crippen LogP contribution in [0.5, 0.6) is 0 Å². The molecule has 1 aromatic carbocycles. The fourth-order valence-electron chi connectivity index (χ4n) is 4.98. The zero-order valence-corrected chi connectivity index (χ0v) is 19.2. The highest BCUT2D eigenvalue weighted by atomic mass is 16.3. The van der Waals surface area contributed by atoms with Gasteiger partial charge in [0.2, 0.25) is 5.91 Å². The lowest BCUT2D eigenvalue weighted by Crippen LogP contribution is -2.49. The maximum atomic E-state index is 12.7. The molecule has 0 saturated heterocycles. The number of benzene rings is 1. The molecule has 3 aromatic heterocycles. The molecule has 4 aromatic rings. The van der Waals surface area contributed by atoms with Crippen LogP contribution in [0.15, 0.2) is 35.6 Å². The first-order valence-electron chi connectivity index (χ1n) is 11.4. The summed E-state index contributed by atoms with van der Waals surface area (Å²) >= 11 is 0. The van der Waals surface area contributed by atoms with Crippen LogP contribution < -0.4 is 16.7 Å². The van der Waals surface area contributed by atoms with Crippen LogP contribution in [-0.2, 0) is 25.3 Å². The van der Waals surface area contributed by atoms with Gasteiger partial charge in [-0.2, -0.15) is 0 Å². The van der Waals surface area contributed by atoms with Crippen LogP contribution in [0.3, 0.4) is 0 Å². The van der Waals surface area contributed by atoms with E-state index in [0.29, 0.717) is 29.8 Å². The van der Waals surface area contributed by atoms with Gasteiger partial charge in [0, 0.05) is 20.5 Å². The van der Waals surface area contributed by atoms with E-state index in [0.717, 1.165) is 29.4 Å². The van der Waals surface area contributed by atoms with E-state index in [4.69, 9.17) is 5.73 Å². The first-order valence-corrected chi connectivity index (χ1v) is 11.4. The summed E-state index contributed by atoms with van der Waals surface area (Å²) in [6.07, 6.45) is 5.37. The fourth-order valence-corrected chi connectivity index (χ4v) is 4.98. The lowest BCUT2D eigenvalue weighted by Gasteiger charge is -2.36. The molecule has 11 heteroatoms. The second-order valence-corrected chi connectivity index (χ2v) is 8.97. The predicted octanol–water partition coefficient (Wildman–Crippen LogP) is 0.802. The molecule has 3 heterocycles. The summed E-state index contributed by atoms with van der Waals surface area (Å²) in [5.41, 5.74) is 9.58. The number of nitrogen functional groups attached to an aromatic ring is 1. The Hall–Kier alpha value is -3.73. The number of aromatic nitrogens is 6. The van der Waals surface area contributed by atoms with Crippen molar-refractivity contribution in [2.75, 3.05) is 5.73 Å². The van der Waals surface area contributed by atoms with Crippen LogP contribution in [0, 0.1) is 0 Å². The molecule has 1 saturated carbocycles. The number of hydrogen-bond acceptors (Lipinski definition) is 7. The summed E-state index contributed by atoms with van der Waals surface area (Å²) in [4.78, 5) is 37.4. The van der Waals surface area contributed by atoms with E-state index in [2.05, 4.69) is 20.3 Å². The van der Waals surface area contributed by atoms with Gasteiger partial charge < -0.3 is 20.7 Å². The molecule has 0 bridgehead atoms. The van der Waals surface area contributed by atoms with Gasteiger partial charge in [0.25, 0.3) is 0 Å². The fraction of sp³-hybridized carbons (Fsp3) is 0.435. The summed E-state index contributed by atoms with van der Waals surface area (Å²) in [5.74, 6) is 0.182. The molecule has 0 radical (unpaired) electrons. The van der Waals surface area contributed by atoms with E-state index in [9.17, 15) is 14.7 Å². The van der Waals surface area contributed by atoms with Crippen molar-refractivity contribution in [3.05, 3.63) is 46.9 Å². The summed E-state index contributed by atoms with van der Waals surface area (Å²) in [5, 5.41) is 14.1. The Bertz CT molecular complexity index is 1440. The zero-order valence-electron chi connectivity index (χ0n) is 19.2. The van der Waals surface area contributed by atoms with Gasteiger partial charge in [-0.3, -0.25) is 13.9 Å². The molecule has 34 heavy (non-hydrogen) atoms. The van der Waals surface area contributed by atoms with Gasteiger partial charge in [0.05, 0.1) is 35.5 Å². The number of anilines is 1. The molecule has 3 atom stereocenters. The van der Waals surface area contributed by atoms with Crippen LogP contribution in [0.4, 0.5) is 5.82 Å². The minimum atomic E-state index is -0.776. The van der Waals surface area contributed by atoms with E-state index < -0.39 is 6.10 Å². The maximum absolute atomic E-state index is 12.7. The van der Waals surface area contributed by atoms with Crippen LogP contribution in [0.2, 0.25) is 0 Å². The largest absolute Gasteiger partial charge is 0.389 e. The zero-order chi connectivity index (χ0) is 24.0. The topological polar surface area (TPSA) is 146 Å². The van der Waals surface area contributed by atoms with Gasteiger partial charge in [-0.1, -0.05) is 6.07 Å². The summed E-state index contributed by atoms with van der Waals surface area (Å²) in [6, 6.07) is 5.18. The summed E-state index contributed by atoms with van der Waals surface area (Å²) in [6.45, 7) is 0. The molecule has 0 unspecified atom stereocenters. The third kappa shape index (κ3) is 3.71. The highest BCUT2D eigenvalue weighted by Gasteiger charge is 2.34. The van der Waals surface area contributed by atoms with Crippen molar-refractivity contribution >= 4 is 33.9 Å². The van der Waals surface area contributed by atoms with E-state index >= 15 is 0 Å². The third-order valence-electron chi connectivity index (χ3n) is 6.89. The third-order valence-corrected chi connectivity index (χ3v) is 6.89. The minimum Gasteiger partial charge on any atom is -0.389 e. The molecule has 11 nitrogen and oxygen atoms in total. The van der Waals surface area contributed by atoms with E-state index in [1.165, 1.54) is 6.33 Å². The van der Waals surface area contributed by atoms with Crippen molar-refractivity contribution < 1.29 is 9.90 Å². The summed E-state index contributed by atoms with van der Waals surface area (Å²) < 4.78 is 5.04. The number of carbonyl (C=O) groups excluding carboxylic acids is 1. The number of aryl methyl sites for hydroxylation is 3. The number of nitrogens with two attached hydrogens (primary N) is 1. The van der Waals surface area contributed by atoms with Gasteiger partial charge in [-0.05, 0) is 43.4 Å². The molecule has 0 aliphatic heterocycles. The molecule has 0 spiro atoms. The van der Waals surface area contributed by atoms with Gasteiger partial charge in [0.15, 0.2) is 11.5 Å². The van der Waals surface area contributed by atoms with Crippen molar-refractivity contribution in [1.82, 2.24) is 34.0 Å². The number of hydrogen-bond donors (Lipinski definition) is 3. The number of aliphatic hydroxyl groups excluding tert-OH is 1. The number of carbonyl (C=O) groups is 1. The van der Waals surface area contributed by atoms with Crippen molar-refractivity contribution in [3.63, 3.8) is 0 Å². The van der Waals surface area contributed by atoms with E-state index in [1.807, 2.05) is 22.8 Å². The Morgan fingerprint density at radius 1 is 1.18 bits per heavy atom. The lowest BCUT2D eigenvalue weighted by atomic mass is 9.87. The normalized spacial score (nSPS) is 20.7. The SMILES string of the molecule is Cn1c(=O)n(C)c2cc(CCC(=O)N[C@H]3CCC[C@H](n4cnc5c(N)ncnc54)[C@H]3O)ccc21. The molecule has 1 aliphatic rings. The molecule has 4 N–H and O–H groups in total. The molecule has 1 aliphatic carbocycles. The summed E-state index contributed by atoms with van der Waals surface area (Å²) in [7, 11) is 3.49.